The number of halogens is 3. The van der Waals surface area contributed by atoms with Crippen LogP contribution in [0.1, 0.15) is 16.7 Å². The number of rotatable bonds is 4. The molecule has 0 heterocycles. The van der Waals surface area contributed by atoms with Gasteiger partial charge in [-0.2, -0.15) is 13.2 Å². The molecule has 0 bridgehead atoms. The van der Waals surface area contributed by atoms with Crippen molar-refractivity contribution in [3.63, 3.8) is 0 Å². The molecule has 2 amide bonds. The minimum atomic E-state index is -4.63. The third-order valence-electron chi connectivity index (χ3n) is 3.57. The first kappa shape index (κ1) is 19.4. The molecule has 9 heteroatoms. The van der Waals surface area contributed by atoms with E-state index in [0.717, 1.165) is 11.1 Å². The number of hydrazine groups is 1. The van der Waals surface area contributed by atoms with Crippen LogP contribution in [-0.2, 0) is 12.8 Å². The predicted molar refractivity (Wildman–Crippen MR) is 89.6 cm³/mol. The van der Waals surface area contributed by atoms with Crippen molar-refractivity contribution >= 4 is 11.7 Å². The monoisotopic (exact) mass is 369 g/mol. The van der Waals surface area contributed by atoms with Crippen LogP contribution < -0.4 is 15.9 Å². The summed E-state index contributed by atoms with van der Waals surface area (Å²) in [6.45, 7) is 1.21. The van der Waals surface area contributed by atoms with Crippen molar-refractivity contribution in [2.45, 2.75) is 19.7 Å². The average molecular weight is 369 g/mol. The number of anilines is 1. The van der Waals surface area contributed by atoms with Gasteiger partial charge in [0.2, 0.25) is 0 Å². The standard InChI is InChI=1S/C17H18F3N3O3/c1-10-8-11(24)6-7-15(10)26-9-12-13(17(18,19)20)4-3-5-14(12)22-16(25)23(2)21/h3-8,24H,9,21H2,1-2H3,(H,22,25). The Bertz CT molecular complexity index is 808. The molecule has 4 N–H and O–H groups in total. The Balaban J connectivity index is 2.38. The number of nitrogens with two attached hydrogens (primary N) is 1. The lowest BCUT2D eigenvalue weighted by molar-refractivity contribution is -0.138. The van der Waals surface area contributed by atoms with Crippen molar-refractivity contribution in [3.05, 3.63) is 53.1 Å². The van der Waals surface area contributed by atoms with Crippen LogP contribution in [0, 0.1) is 6.92 Å². The van der Waals surface area contributed by atoms with Gasteiger partial charge in [-0.25, -0.2) is 10.6 Å². The summed E-state index contributed by atoms with van der Waals surface area (Å²) in [6, 6.07) is 6.90. The number of phenolic OH excluding ortho intramolecular Hbond substituents is 1. The van der Waals surface area contributed by atoms with E-state index in [2.05, 4.69) is 5.32 Å². The van der Waals surface area contributed by atoms with E-state index < -0.39 is 24.4 Å². The smallest absolute Gasteiger partial charge is 0.416 e. The van der Waals surface area contributed by atoms with Gasteiger partial charge in [-0.15, -0.1) is 0 Å². The maximum atomic E-state index is 13.3. The molecule has 2 rings (SSSR count). The molecule has 0 spiro atoms. The van der Waals surface area contributed by atoms with Crippen LogP contribution >= 0.6 is 0 Å². The number of alkyl halides is 3. The topological polar surface area (TPSA) is 87.8 Å². The Hall–Kier alpha value is -2.94. The summed E-state index contributed by atoms with van der Waals surface area (Å²) in [5, 5.41) is 12.4. The highest BCUT2D eigenvalue weighted by Crippen LogP contribution is 2.36. The molecule has 0 atom stereocenters. The van der Waals surface area contributed by atoms with E-state index in [4.69, 9.17) is 10.6 Å². The fourth-order valence-corrected chi connectivity index (χ4v) is 2.27. The lowest BCUT2D eigenvalue weighted by Gasteiger charge is -2.20. The number of nitrogens with zero attached hydrogens (tertiary/aromatic N) is 1. The molecule has 2 aromatic rings. The molecule has 6 nitrogen and oxygen atoms in total. The van der Waals surface area contributed by atoms with Crippen molar-refractivity contribution in [1.82, 2.24) is 5.01 Å². The third kappa shape index (κ3) is 4.57. The number of benzene rings is 2. The number of nitrogens with one attached hydrogen (secondary N) is 1. The molecule has 0 aliphatic rings. The van der Waals surface area contributed by atoms with Gasteiger partial charge in [-0.1, -0.05) is 6.07 Å². The molecular weight excluding hydrogens is 351 g/mol. The minimum Gasteiger partial charge on any atom is -0.508 e. The maximum Gasteiger partial charge on any atom is 0.416 e. The highest BCUT2D eigenvalue weighted by atomic mass is 19.4. The number of urea groups is 1. The predicted octanol–water partition coefficient (Wildman–Crippen LogP) is 3.64. The molecule has 0 aromatic heterocycles. The molecule has 140 valence electrons. The summed E-state index contributed by atoms with van der Waals surface area (Å²) in [6.07, 6.45) is -4.63. The van der Waals surface area contributed by atoms with E-state index in [-0.39, 0.29) is 17.0 Å². The lowest BCUT2D eigenvalue weighted by atomic mass is 10.1. The number of phenols is 1. The number of hydrogen-bond acceptors (Lipinski definition) is 4. The van der Waals surface area contributed by atoms with Gasteiger partial charge in [-0.05, 0) is 42.8 Å². The van der Waals surface area contributed by atoms with Gasteiger partial charge in [0.05, 0.1) is 5.56 Å². The van der Waals surface area contributed by atoms with E-state index >= 15 is 0 Å². The zero-order chi connectivity index (χ0) is 19.5. The normalized spacial score (nSPS) is 11.2. The van der Waals surface area contributed by atoms with Crippen LogP contribution in [-0.4, -0.2) is 23.2 Å². The van der Waals surface area contributed by atoms with Crippen molar-refractivity contribution in [2.75, 3.05) is 12.4 Å². The molecule has 0 unspecified atom stereocenters. The summed E-state index contributed by atoms with van der Waals surface area (Å²) in [4.78, 5) is 11.7. The van der Waals surface area contributed by atoms with Gasteiger partial charge in [-0.3, -0.25) is 5.01 Å². The fraction of sp³-hybridized carbons (Fsp3) is 0.235. The van der Waals surface area contributed by atoms with Crippen molar-refractivity contribution < 1.29 is 27.8 Å². The molecule has 0 radical (unpaired) electrons. The first-order valence-corrected chi connectivity index (χ1v) is 7.50. The van der Waals surface area contributed by atoms with Crippen molar-refractivity contribution in [3.8, 4) is 11.5 Å². The Labute approximate surface area is 147 Å². The second-order valence-electron chi connectivity index (χ2n) is 5.61. The Kier molecular flexibility index (Phi) is 5.61. The third-order valence-corrected chi connectivity index (χ3v) is 3.57. The molecule has 2 aromatic carbocycles. The second kappa shape index (κ2) is 7.52. The summed E-state index contributed by atoms with van der Waals surface area (Å²) in [5.74, 6) is 5.63. The van der Waals surface area contributed by atoms with Crippen molar-refractivity contribution in [1.29, 1.82) is 0 Å². The van der Waals surface area contributed by atoms with Gasteiger partial charge in [0.25, 0.3) is 0 Å². The zero-order valence-electron chi connectivity index (χ0n) is 14.1. The quantitative estimate of drug-likeness (QED) is 0.436. The number of amides is 2. The number of aryl methyl sites for hydroxylation is 1. The van der Waals surface area contributed by atoms with Gasteiger partial charge >= 0.3 is 12.2 Å². The molecule has 0 aliphatic carbocycles. The van der Waals surface area contributed by atoms with Gasteiger partial charge in [0, 0.05) is 18.3 Å². The van der Waals surface area contributed by atoms with E-state index in [1.54, 1.807) is 6.92 Å². The summed E-state index contributed by atoms with van der Waals surface area (Å²) in [7, 11) is 1.26. The Morgan fingerprint density at radius 3 is 2.58 bits per heavy atom. The largest absolute Gasteiger partial charge is 0.508 e. The minimum absolute atomic E-state index is 0.0180. The molecule has 0 aliphatic heterocycles. The highest BCUT2D eigenvalue weighted by molar-refractivity contribution is 5.89. The average Bonchev–Trinajstić information content (AvgIpc) is 2.53. The summed E-state index contributed by atoms with van der Waals surface area (Å²) < 4.78 is 45.5. The molecular formula is C17H18F3N3O3. The number of ether oxygens (including phenoxy) is 1. The van der Waals surface area contributed by atoms with E-state index in [1.807, 2.05) is 0 Å². The van der Waals surface area contributed by atoms with Crippen LogP contribution in [0.15, 0.2) is 36.4 Å². The fourth-order valence-electron chi connectivity index (χ4n) is 2.27. The Morgan fingerprint density at radius 1 is 1.31 bits per heavy atom. The van der Waals surface area contributed by atoms with Crippen LogP contribution in [0.2, 0.25) is 0 Å². The lowest BCUT2D eigenvalue weighted by Crippen LogP contribution is -2.37. The second-order valence-corrected chi connectivity index (χ2v) is 5.61. The number of aromatic hydroxyl groups is 1. The molecule has 0 fully saturated rings. The first-order chi connectivity index (χ1) is 12.1. The van der Waals surface area contributed by atoms with Gasteiger partial charge < -0.3 is 15.2 Å². The van der Waals surface area contributed by atoms with Crippen LogP contribution in [0.5, 0.6) is 11.5 Å². The van der Waals surface area contributed by atoms with Crippen molar-refractivity contribution in [2.24, 2.45) is 5.84 Å². The number of carbonyl (C=O) groups is 1. The van der Waals surface area contributed by atoms with Crippen LogP contribution in [0.3, 0.4) is 0 Å². The van der Waals surface area contributed by atoms with Gasteiger partial charge in [0.15, 0.2) is 0 Å². The number of carbonyl (C=O) groups excluding carboxylic acids is 1. The Morgan fingerprint density at radius 2 is 2.00 bits per heavy atom. The van der Waals surface area contributed by atoms with Gasteiger partial charge in [0.1, 0.15) is 18.1 Å². The maximum absolute atomic E-state index is 13.3. The van der Waals surface area contributed by atoms with E-state index in [9.17, 15) is 23.1 Å². The molecule has 0 saturated carbocycles. The summed E-state index contributed by atoms with van der Waals surface area (Å²) >= 11 is 0. The highest BCUT2D eigenvalue weighted by Gasteiger charge is 2.34. The zero-order valence-corrected chi connectivity index (χ0v) is 14.1. The van der Waals surface area contributed by atoms with E-state index in [1.165, 1.54) is 37.4 Å². The SMILES string of the molecule is Cc1cc(O)ccc1OCc1c(NC(=O)N(C)N)cccc1C(F)(F)F. The summed E-state index contributed by atoms with van der Waals surface area (Å²) in [5.41, 5.74) is -0.658. The van der Waals surface area contributed by atoms with Crippen LogP contribution in [0.25, 0.3) is 0 Å². The molecule has 26 heavy (non-hydrogen) atoms. The number of hydrogen-bond donors (Lipinski definition) is 3. The van der Waals surface area contributed by atoms with E-state index in [0.29, 0.717) is 11.3 Å². The van der Waals surface area contributed by atoms with Crippen LogP contribution in [0.4, 0.5) is 23.7 Å². The molecule has 0 saturated heterocycles. The first-order valence-electron chi connectivity index (χ1n) is 7.50.